The quantitative estimate of drug-likeness (QED) is 0.801. The molecular formula is C21H30O7. The molecule has 2 N–H and O–H groups in total. The first-order valence-electron chi connectivity index (χ1n) is 9.84. The van der Waals surface area contributed by atoms with E-state index in [0.29, 0.717) is 6.42 Å². The van der Waals surface area contributed by atoms with Gasteiger partial charge in [0, 0.05) is 13.0 Å². The molecule has 28 heavy (non-hydrogen) atoms. The molecule has 1 aromatic rings. The maximum absolute atomic E-state index is 12.1. The van der Waals surface area contributed by atoms with Crippen LogP contribution in [0.2, 0.25) is 0 Å². The van der Waals surface area contributed by atoms with Crippen molar-refractivity contribution in [3.05, 3.63) is 35.4 Å². The lowest BCUT2D eigenvalue weighted by Crippen LogP contribution is -2.71. The lowest BCUT2D eigenvalue weighted by atomic mass is 9.76. The highest BCUT2D eigenvalue weighted by Crippen LogP contribution is 2.50. The van der Waals surface area contributed by atoms with Gasteiger partial charge in [0.2, 0.25) is 5.79 Å². The standard InChI is InChI=1S/C21H30O7/c1-18(2)25-13-21(28-18)20(23,11-15-8-6-5-7-14(15)9-10-22)17-16(12-24-21)26-19(3,4)27-17/h5-8,16-17,22-23H,9-13H2,1-4H3/t16-,17-,20-,21+/m1/s1. The van der Waals surface area contributed by atoms with Gasteiger partial charge in [-0.3, -0.25) is 0 Å². The van der Waals surface area contributed by atoms with E-state index in [1.165, 1.54) is 0 Å². The van der Waals surface area contributed by atoms with Gasteiger partial charge in [0.1, 0.15) is 18.8 Å². The highest BCUT2D eigenvalue weighted by molar-refractivity contribution is 5.31. The molecule has 0 saturated carbocycles. The summed E-state index contributed by atoms with van der Waals surface area (Å²) in [6.07, 6.45) is -0.331. The van der Waals surface area contributed by atoms with E-state index in [1.807, 2.05) is 38.1 Å². The van der Waals surface area contributed by atoms with Crippen LogP contribution in [0.15, 0.2) is 24.3 Å². The van der Waals surface area contributed by atoms with E-state index in [4.69, 9.17) is 23.7 Å². The second kappa shape index (κ2) is 6.74. The van der Waals surface area contributed by atoms with Gasteiger partial charge in [-0.1, -0.05) is 24.3 Å². The van der Waals surface area contributed by atoms with Crippen molar-refractivity contribution in [1.82, 2.24) is 0 Å². The molecule has 156 valence electrons. The predicted octanol–water partition coefficient (Wildman–Crippen LogP) is 1.52. The fourth-order valence-electron chi connectivity index (χ4n) is 4.55. The Labute approximate surface area is 165 Å². The minimum atomic E-state index is -1.54. The molecule has 4 atom stereocenters. The molecule has 3 aliphatic rings. The number of hydrogen-bond donors (Lipinski definition) is 2. The van der Waals surface area contributed by atoms with E-state index in [-0.39, 0.29) is 26.2 Å². The summed E-state index contributed by atoms with van der Waals surface area (Å²) in [7, 11) is 0. The van der Waals surface area contributed by atoms with Gasteiger partial charge in [0.05, 0.1) is 6.61 Å². The molecular weight excluding hydrogens is 364 g/mol. The Hall–Kier alpha value is -1.06. The predicted molar refractivity (Wildman–Crippen MR) is 99.5 cm³/mol. The highest BCUT2D eigenvalue weighted by Gasteiger charge is 2.70. The Morgan fingerprint density at radius 1 is 1.00 bits per heavy atom. The van der Waals surface area contributed by atoms with E-state index in [1.54, 1.807) is 13.8 Å². The average Bonchev–Trinajstić information content (AvgIpc) is 3.11. The smallest absolute Gasteiger partial charge is 0.227 e. The number of benzene rings is 1. The third-order valence-electron chi connectivity index (χ3n) is 5.77. The van der Waals surface area contributed by atoms with Crippen LogP contribution in [0.3, 0.4) is 0 Å². The van der Waals surface area contributed by atoms with Crippen molar-refractivity contribution >= 4 is 0 Å². The number of aliphatic hydroxyl groups is 2. The molecule has 0 aliphatic carbocycles. The first kappa shape index (κ1) is 20.2. The van der Waals surface area contributed by atoms with Crippen molar-refractivity contribution in [3.8, 4) is 0 Å². The Morgan fingerprint density at radius 3 is 2.36 bits per heavy atom. The van der Waals surface area contributed by atoms with Crippen molar-refractivity contribution in [2.45, 2.75) is 75.7 Å². The minimum absolute atomic E-state index is 0.0302. The molecule has 0 unspecified atom stereocenters. The summed E-state index contributed by atoms with van der Waals surface area (Å²) in [5.74, 6) is -3.09. The van der Waals surface area contributed by atoms with Crippen molar-refractivity contribution in [3.63, 3.8) is 0 Å². The molecule has 0 bridgehead atoms. The normalized spacial score (nSPS) is 38.6. The van der Waals surface area contributed by atoms with Crippen LogP contribution in [0.1, 0.15) is 38.8 Å². The van der Waals surface area contributed by atoms with Crippen molar-refractivity contribution in [2.24, 2.45) is 0 Å². The average molecular weight is 394 g/mol. The maximum atomic E-state index is 12.1. The van der Waals surface area contributed by atoms with E-state index in [2.05, 4.69) is 0 Å². The molecule has 3 aliphatic heterocycles. The van der Waals surface area contributed by atoms with Crippen LogP contribution in [-0.2, 0) is 36.5 Å². The van der Waals surface area contributed by atoms with Gasteiger partial charge in [-0.2, -0.15) is 0 Å². The van der Waals surface area contributed by atoms with Gasteiger partial charge in [-0.05, 0) is 45.2 Å². The third-order valence-corrected chi connectivity index (χ3v) is 5.77. The molecule has 1 spiro atoms. The number of aliphatic hydroxyl groups excluding tert-OH is 1. The van der Waals surface area contributed by atoms with Crippen LogP contribution in [-0.4, -0.2) is 65.2 Å². The third kappa shape index (κ3) is 3.29. The summed E-state index contributed by atoms with van der Waals surface area (Å²) >= 11 is 0. The molecule has 3 saturated heterocycles. The summed E-state index contributed by atoms with van der Waals surface area (Å²) in [5.41, 5.74) is 0.333. The number of rotatable bonds is 4. The molecule has 0 radical (unpaired) electrons. The van der Waals surface area contributed by atoms with Gasteiger partial charge in [-0.15, -0.1) is 0 Å². The van der Waals surface area contributed by atoms with E-state index in [0.717, 1.165) is 11.1 Å². The van der Waals surface area contributed by atoms with Gasteiger partial charge >= 0.3 is 0 Å². The van der Waals surface area contributed by atoms with Crippen molar-refractivity contribution in [2.75, 3.05) is 19.8 Å². The Balaban J connectivity index is 1.76. The molecule has 4 rings (SSSR count). The summed E-state index contributed by atoms with van der Waals surface area (Å²) in [5, 5.41) is 21.5. The number of hydrogen-bond acceptors (Lipinski definition) is 7. The summed E-state index contributed by atoms with van der Waals surface area (Å²) < 4.78 is 30.2. The van der Waals surface area contributed by atoms with Gasteiger partial charge in [0.25, 0.3) is 0 Å². The lowest BCUT2D eigenvalue weighted by molar-refractivity contribution is -0.366. The fraction of sp³-hybridized carbons (Fsp3) is 0.714. The van der Waals surface area contributed by atoms with Crippen LogP contribution in [0.5, 0.6) is 0 Å². The molecule has 3 fully saturated rings. The van der Waals surface area contributed by atoms with Crippen LogP contribution in [0, 0.1) is 0 Å². The largest absolute Gasteiger partial charge is 0.396 e. The van der Waals surface area contributed by atoms with E-state index < -0.39 is 35.2 Å². The van der Waals surface area contributed by atoms with Crippen LogP contribution in [0.4, 0.5) is 0 Å². The molecule has 1 aromatic carbocycles. The lowest BCUT2D eigenvalue weighted by Gasteiger charge is -2.50. The van der Waals surface area contributed by atoms with Gasteiger partial charge in [0.15, 0.2) is 17.2 Å². The summed E-state index contributed by atoms with van der Waals surface area (Å²) in [6.45, 7) is 7.62. The summed E-state index contributed by atoms with van der Waals surface area (Å²) in [6, 6.07) is 7.74. The Kier molecular flexibility index (Phi) is 4.87. The second-order valence-electron chi connectivity index (χ2n) is 8.79. The Morgan fingerprint density at radius 2 is 1.71 bits per heavy atom. The number of ether oxygens (including phenoxy) is 5. The SMILES string of the molecule is CC1(C)O[C@@H]2[C@@H](CO[C@]3(COC(C)(C)O3)[C@@]2(O)Cc2ccccc2CCO)O1. The zero-order valence-corrected chi connectivity index (χ0v) is 16.9. The van der Waals surface area contributed by atoms with Crippen LogP contribution in [0.25, 0.3) is 0 Å². The maximum Gasteiger partial charge on any atom is 0.227 e. The highest BCUT2D eigenvalue weighted by atomic mass is 16.9. The summed E-state index contributed by atoms with van der Waals surface area (Å²) in [4.78, 5) is 0. The van der Waals surface area contributed by atoms with Crippen LogP contribution < -0.4 is 0 Å². The zero-order valence-electron chi connectivity index (χ0n) is 16.9. The minimum Gasteiger partial charge on any atom is -0.396 e. The van der Waals surface area contributed by atoms with E-state index >= 15 is 0 Å². The fourth-order valence-corrected chi connectivity index (χ4v) is 4.55. The second-order valence-corrected chi connectivity index (χ2v) is 8.79. The monoisotopic (exact) mass is 394 g/mol. The van der Waals surface area contributed by atoms with Gasteiger partial charge in [-0.25, -0.2) is 0 Å². The first-order valence-corrected chi connectivity index (χ1v) is 9.84. The van der Waals surface area contributed by atoms with Gasteiger partial charge < -0.3 is 33.9 Å². The van der Waals surface area contributed by atoms with Crippen molar-refractivity contribution in [1.29, 1.82) is 0 Å². The van der Waals surface area contributed by atoms with E-state index in [9.17, 15) is 10.2 Å². The Bertz CT molecular complexity index is 731. The number of fused-ring (bicyclic) bond motifs is 1. The van der Waals surface area contributed by atoms with Crippen molar-refractivity contribution < 1.29 is 33.9 Å². The molecule has 0 aromatic heterocycles. The van der Waals surface area contributed by atoms with Crippen LogP contribution >= 0.6 is 0 Å². The topological polar surface area (TPSA) is 86.6 Å². The molecule has 3 heterocycles. The molecule has 7 heteroatoms. The first-order chi connectivity index (χ1) is 13.1. The molecule has 0 amide bonds. The molecule has 7 nitrogen and oxygen atoms in total. The zero-order chi connectivity index (χ0) is 20.2.